The minimum absolute atomic E-state index is 0.113. The first-order valence-electron chi connectivity index (χ1n) is 8.48. The third-order valence-electron chi connectivity index (χ3n) is 3.90. The van der Waals surface area contributed by atoms with E-state index in [0.29, 0.717) is 21.8 Å². The average Bonchev–Trinajstić information content (AvgIpc) is 2.57. The summed E-state index contributed by atoms with van der Waals surface area (Å²) in [5.74, 6) is -1.07. The number of hydrazine groups is 1. The maximum atomic E-state index is 13.6. The molecule has 0 atom stereocenters. The third-order valence-corrected chi connectivity index (χ3v) is 4.12. The van der Waals surface area contributed by atoms with Crippen molar-refractivity contribution in [3.63, 3.8) is 0 Å². The van der Waals surface area contributed by atoms with Gasteiger partial charge in [0.2, 0.25) is 5.91 Å². The number of benzene rings is 2. The highest BCUT2D eigenvalue weighted by Crippen LogP contribution is 2.27. The van der Waals surface area contributed by atoms with E-state index < -0.39 is 11.3 Å². The fourth-order valence-corrected chi connectivity index (χ4v) is 2.59. The molecule has 0 unspecified atom stereocenters. The van der Waals surface area contributed by atoms with Gasteiger partial charge in [0.25, 0.3) is 5.91 Å². The topological polar surface area (TPSA) is 70.2 Å². The van der Waals surface area contributed by atoms with Gasteiger partial charge >= 0.3 is 0 Å². The number of halogens is 2. The van der Waals surface area contributed by atoms with Gasteiger partial charge in [-0.3, -0.25) is 15.0 Å². The summed E-state index contributed by atoms with van der Waals surface area (Å²) in [5.41, 5.74) is 6.29. The van der Waals surface area contributed by atoms with E-state index in [1.165, 1.54) is 12.1 Å². The van der Waals surface area contributed by atoms with Crippen LogP contribution in [-0.4, -0.2) is 11.8 Å². The molecule has 3 N–H and O–H groups in total. The number of carbonyl (C=O) groups is 2. The third kappa shape index (κ3) is 5.52. The van der Waals surface area contributed by atoms with Crippen LogP contribution in [0, 0.1) is 18.2 Å². The molecular formula is C20H23ClFN3O2. The monoisotopic (exact) mass is 391 g/mol. The Labute approximate surface area is 163 Å². The molecule has 0 spiro atoms. The van der Waals surface area contributed by atoms with E-state index in [9.17, 15) is 14.0 Å². The number of amides is 2. The largest absolute Gasteiger partial charge is 0.325 e. The van der Waals surface area contributed by atoms with E-state index in [1.54, 1.807) is 52.0 Å². The van der Waals surface area contributed by atoms with Crippen LogP contribution in [0.1, 0.15) is 42.3 Å². The van der Waals surface area contributed by atoms with E-state index in [1.807, 2.05) is 0 Å². The Morgan fingerprint density at radius 2 is 1.81 bits per heavy atom. The van der Waals surface area contributed by atoms with Gasteiger partial charge in [-0.25, -0.2) is 9.82 Å². The summed E-state index contributed by atoms with van der Waals surface area (Å²) in [6.45, 7) is 7.21. The molecule has 27 heavy (non-hydrogen) atoms. The molecule has 0 saturated carbocycles. The SMILES string of the molecule is Cc1cc(Cl)cc(C(=O)NNCc2ccccc2F)c1NC(=O)C(C)(C)C. The summed E-state index contributed by atoms with van der Waals surface area (Å²) in [6, 6.07) is 9.42. The van der Waals surface area contributed by atoms with Gasteiger partial charge in [-0.15, -0.1) is 0 Å². The molecule has 0 fully saturated rings. The molecule has 0 aromatic heterocycles. The smallest absolute Gasteiger partial charge is 0.267 e. The van der Waals surface area contributed by atoms with Crippen molar-refractivity contribution in [2.24, 2.45) is 5.41 Å². The van der Waals surface area contributed by atoms with Gasteiger partial charge < -0.3 is 5.32 Å². The summed E-state index contributed by atoms with van der Waals surface area (Å²) in [4.78, 5) is 24.9. The molecule has 2 aromatic rings. The average molecular weight is 392 g/mol. The molecular weight excluding hydrogens is 369 g/mol. The van der Waals surface area contributed by atoms with Crippen molar-refractivity contribution in [2.45, 2.75) is 34.2 Å². The zero-order chi connectivity index (χ0) is 20.2. The molecule has 0 heterocycles. The lowest BCUT2D eigenvalue weighted by atomic mass is 9.95. The minimum Gasteiger partial charge on any atom is -0.325 e. The maximum absolute atomic E-state index is 13.6. The molecule has 5 nitrogen and oxygen atoms in total. The number of nitrogens with one attached hydrogen (secondary N) is 3. The number of rotatable bonds is 5. The van der Waals surface area contributed by atoms with Crippen molar-refractivity contribution in [1.82, 2.24) is 10.9 Å². The van der Waals surface area contributed by atoms with E-state index in [-0.39, 0.29) is 23.8 Å². The van der Waals surface area contributed by atoms with Gasteiger partial charge in [0.15, 0.2) is 0 Å². The van der Waals surface area contributed by atoms with Gasteiger partial charge in [0.05, 0.1) is 11.3 Å². The first kappa shape index (κ1) is 20.9. The standard InChI is InChI=1S/C20H23ClFN3O2/c1-12-9-14(21)10-15(17(12)24-19(27)20(2,3)4)18(26)25-23-11-13-7-5-6-8-16(13)22/h5-10,23H,11H2,1-4H3,(H,24,27)(H,25,26). The molecule has 0 aliphatic heterocycles. The highest BCUT2D eigenvalue weighted by molar-refractivity contribution is 6.31. The number of hydrogen-bond acceptors (Lipinski definition) is 3. The van der Waals surface area contributed by atoms with Gasteiger partial charge in [0.1, 0.15) is 5.82 Å². The van der Waals surface area contributed by atoms with Crippen LogP contribution in [0.2, 0.25) is 5.02 Å². The fourth-order valence-electron chi connectivity index (χ4n) is 2.32. The second-order valence-electron chi connectivity index (χ2n) is 7.25. The van der Waals surface area contributed by atoms with Crippen LogP contribution >= 0.6 is 11.6 Å². The zero-order valence-electron chi connectivity index (χ0n) is 15.7. The van der Waals surface area contributed by atoms with Crippen molar-refractivity contribution < 1.29 is 14.0 Å². The maximum Gasteiger partial charge on any atom is 0.267 e. The molecule has 0 aliphatic rings. The molecule has 0 aliphatic carbocycles. The number of anilines is 1. The molecule has 144 valence electrons. The lowest BCUT2D eigenvalue weighted by Crippen LogP contribution is -2.38. The molecule has 7 heteroatoms. The van der Waals surface area contributed by atoms with Crippen molar-refractivity contribution in [3.05, 3.63) is 63.9 Å². The molecule has 2 amide bonds. The van der Waals surface area contributed by atoms with Crippen LogP contribution < -0.4 is 16.2 Å². The van der Waals surface area contributed by atoms with E-state index in [4.69, 9.17) is 11.6 Å². The van der Waals surface area contributed by atoms with Crippen molar-refractivity contribution in [2.75, 3.05) is 5.32 Å². The lowest BCUT2D eigenvalue weighted by molar-refractivity contribution is -0.123. The molecule has 2 aromatic carbocycles. The second-order valence-corrected chi connectivity index (χ2v) is 7.68. The van der Waals surface area contributed by atoms with E-state index in [2.05, 4.69) is 16.2 Å². The first-order valence-corrected chi connectivity index (χ1v) is 8.85. The normalized spacial score (nSPS) is 11.2. The summed E-state index contributed by atoms with van der Waals surface area (Å²) in [5, 5.41) is 3.17. The van der Waals surface area contributed by atoms with Gasteiger partial charge in [-0.2, -0.15) is 0 Å². The Morgan fingerprint density at radius 1 is 1.15 bits per heavy atom. The minimum atomic E-state index is -0.622. The van der Waals surface area contributed by atoms with Crippen molar-refractivity contribution in [1.29, 1.82) is 0 Å². The highest BCUT2D eigenvalue weighted by Gasteiger charge is 2.24. The van der Waals surface area contributed by atoms with Gasteiger partial charge in [-0.05, 0) is 30.7 Å². The Kier molecular flexibility index (Phi) is 6.57. The number of aryl methyl sites for hydroxylation is 1. The van der Waals surface area contributed by atoms with Gasteiger partial charge in [0, 0.05) is 22.5 Å². The molecule has 0 radical (unpaired) electrons. The van der Waals surface area contributed by atoms with Crippen LogP contribution in [0.4, 0.5) is 10.1 Å². The lowest BCUT2D eigenvalue weighted by Gasteiger charge is -2.21. The zero-order valence-corrected chi connectivity index (χ0v) is 16.5. The Bertz CT molecular complexity index is 863. The molecule has 0 saturated heterocycles. The van der Waals surface area contributed by atoms with Crippen molar-refractivity contribution >= 4 is 29.1 Å². The Morgan fingerprint density at radius 3 is 2.44 bits per heavy atom. The summed E-state index contributed by atoms with van der Waals surface area (Å²) >= 11 is 6.08. The van der Waals surface area contributed by atoms with Crippen LogP contribution in [0.5, 0.6) is 0 Å². The summed E-state index contributed by atoms with van der Waals surface area (Å²) in [7, 11) is 0. The van der Waals surface area contributed by atoms with Gasteiger partial charge in [-0.1, -0.05) is 50.6 Å². The van der Waals surface area contributed by atoms with Crippen LogP contribution in [0.15, 0.2) is 36.4 Å². The van der Waals surface area contributed by atoms with E-state index >= 15 is 0 Å². The molecule has 0 bridgehead atoms. The summed E-state index contributed by atoms with van der Waals surface area (Å²) < 4.78 is 13.6. The molecule has 2 rings (SSSR count). The van der Waals surface area contributed by atoms with Crippen LogP contribution in [0.25, 0.3) is 0 Å². The van der Waals surface area contributed by atoms with E-state index in [0.717, 1.165) is 0 Å². The number of carbonyl (C=O) groups excluding carboxylic acids is 2. The highest BCUT2D eigenvalue weighted by atomic mass is 35.5. The Hall–Kier alpha value is -2.44. The first-order chi connectivity index (χ1) is 12.6. The summed E-state index contributed by atoms with van der Waals surface area (Å²) in [6.07, 6.45) is 0. The van der Waals surface area contributed by atoms with Crippen LogP contribution in [-0.2, 0) is 11.3 Å². The predicted octanol–water partition coefficient (Wildman–Crippen LogP) is 4.21. The quantitative estimate of drug-likeness (QED) is 0.669. The predicted molar refractivity (Wildman–Crippen MR) is 105 cm³/mol. The second kappa shape index (κ2) is 8.50. The fraction of sp³-hybridized carbons (Fsp3) is 0.300. The number of hydrogen-bond donors (Lipinski definition) is 3. The Balaban J connectivity index is 2.17. The van der Waals surface area contributed by atoms with Crippen LogP contribution in [0.3, 0.4) is 0 Å². The van der Waals surface area contributed by atoms with Crippen molar-refractivity contribution in [3.8, 4) is 0 Å².